The summed E-state index contributed by atoms with van der Waals surface area (Å²) < 4.78 is 4.68. The van der Waals surface area contributed by atoms with Crippen LogP contribution in [-0.2, 0) is 4.74 Å². The van der Waals surface area contributed by atoms with Gasteiger partial charge in [0.25, 0.3) is 0 Å². The van der Waals surface area contributed by atoms with Gasteiger partial charge in [0.1, 0.15) is 6.20 Å². The van der Waals surface area contributed by atoms with E-state index in [9.17, 15) is 10.0 Å². The van der Waals surface area contributed by atoms with Crippen LogP contribution < -0.4 is 10.5 Å². The summed E-state index contributed by atoms with van der Waals surface area (Å²) in [5.74, 6) is -0.984. The molecule has 0 bridgehead atoms. The number of nitrogen functional groups attached to an aromatic ring is 1. The molecule has 0 atom stereocenters. The number of methoxy groups -OCH3 is 1. The van der Waals surface area contributed by atoms with Crippen molar-refractivity contribution in [3.05, 3.63) is 23.3 Å². The third-order valence-corrected chi connectivity index (χ3v) is 1.26. The molecule has 0 saturated heterocycles. The van der Waals surface area contributed by atoms with Crippen LogP contribution in [0.3, 0.4) is 0 Å². The minimum absolute atomic E-state index is 0.171. The van der Waals surface area contributed by atoms with Crippen LogP contribution in [-0.4, -0.2) is 18.1 Å². The molecule has 1 aromatic heterocycles. The predicted molar refractivity (Wildman–Crippen MR) is 38.9 cm³/mol. The number of carbonyl (C=O) groups is 1. The molecule has 0 spiro atoms. The van der Waals surface area contributed by atoms with Crippen LogP contribution in [0.25, 0.3) is 0 Å². The average molecular weight is 169 g/mol. The van der Waals surface area contributed by atoms with E-state index in [0.29, 0.717) is 4.73 Å². The van der Waals surface area contributed by atoms with Crippen LogP contribution in [0.1, 0.15) is 10.5 Å². The van der Waals surface area contributed by atoms with Gasteiger partial charge in [-0.05, 0) is 0 Å². The highest BCUT2D eigenvalue weighted by Gasteiger charge is 2.16. The third-order valence-electron chi connectivity index (χ3n) is 1.26. The lowest BCUT2D eigenvalue weighted by Crippen LogP contribution is -2.33. The zero-order chi connectivity index (χ0) is 9.14. The fourth-order valence-electron chi connectivity index (χ4n) is 0.673. The molecule has 0 aromatic carbocycles. The lowest BCUT2D eigenvalue weighted by Gasteiger charge is -2.05. The zero-order valence-electron chi connectivity index (χ0n) is 6.35. The van der Waals surface area contributed by atoms with Gasteiger partial charge in [-0.25, -0.2) is 14.5 Å². The molecule has 0 fully saturated rings. The Balaban J connectivity index is 3.16. The summed E-state index contributed by atoms with van der Waals surface area (Å²) in [4.78, 5) is 14.5. The summed E-state index contributed by atoms with van der Waals surface area (Å²) in [6, 6.07) is 0. The van der Waals surface area contributed by atoms with Crippen molar-refractivity contribution in [2.45, 2.75) is 0 Å². The molecule has 0 amide bonds. The maximum absolute atomic E-state index is 10.9. The molecule has 1 rings (SSSR count). The van der Waals surface area contributed by atoms with Crippen LogP contribution in [0.4, 0.5) is 5.82 Å². The molecule has 0 saturated carbocycles. The molecular weight excluding hydrogens is 162 g/mol. The Bertz CT molecular complexity index is 313. The van der Waals surface area contributed by atoms with E-state index in [-0.39, 0.29) is 11.5 Å². The number of nitrogens with two attached hydrogens (primary N) is 1. The Morgan fingerprint density at radius 1 is 1.83 bits per heavy atom. The van der Waals surface area contributed by atoms with Crippen molar-refractivity contribution in [2.24, 2.45) is 0 Å². The molecule has 0 aliphatic carbocycles. The fraction of sp³-hybridized carbons (Fsp3) is 0.167. The van der Waals surface area contributed by atoms with Crippen LogP contribution in [0.5, 0.6) is 0 Å². The van der Waals surface area contributed by atoms with Crippen molar-refractivity contribution >= 4 is 11.8 Å². The van der Waals surface area contributed by atoms with Crippen molar-refractivity contribution in [3.8, 4) is 0 Å². The van der Waals surface area contributed by atoms with Gasteiger partial charge in [-0.3, -0.25) is 5.73 Å². The monoisotopic (exact) mass is 169 g/mol. The largest absolute Gasteiger partial charge is 0.711 e. The van der Waals surface area contributed by atoms with Crippen molar-refractivity contribution in [3.63, 3.8) is 0 Å². The Morgan fingerprint density at radius 2 is 2.50 bits per heavy atom. The summed E-state index contributed by atoms with van der Waals surface area (Å²) in [5.41, 5.74) is 5.07. The Labute approximate surface area is 68.2 Å². The Kier molecular flexibility index (Phi) is 2.09. The number of nitrogens with zero attached hydrogens (tertiary/aromatic N) is 2. The van der Waals surface area contributed by atoms with Crippen LogP contribution >= 0.6 is 0 Å². The highest BCUT2D eigenvalue weighted by atomic mass is 16.5. The molecule has 6 nitrogen and oxygen atoms in total. The van der Waals surface area contributed by atoms with Gasteiger partial charge in [0.05, 0.1) is 13.3 Å². The van der Waals surface area contributed by atoms with Gasteiger partial charge in [-0.15, -0.1) is 0 Å². The summed E-state index contributed by atoms with van der Waals surface area (Å²) >= 11 is 0. The molecule has 0 aliphatic heterocycles. The molecule has 2 N–H and O–H groups in total. The Hall–Kier alpha value is -1.85. The quantitative estimate of drug-likeness (QED) is 0.333. The normalized spacial score (nSPS) is 9.42. The highest BCUT2D eigenvalue weighted by Crippen LogP contribution is 2.01. The second kappa shape index (κ2) is 3.04. The molecule has 0 aliphatic rings. The molecule has 0 unspecified atom stereocenters. The number of anilines is 1. The van der Waals surface area contributed by atoms with Crippen LogP contribution in [0, 0.1) is 5.21 Å². The van der Waals surface area contributed by atoms with E-state index in [1.807, 2.05) is 0 Å². The number of rotatable bonds is 1. The average Bonchev–Trinajstić information content (AvgIpc) is 2.08. The summed E-state index contributed by atoms with van der Waals surface area (Å²) in [6.45, 7) is 0. The van der Waals surface area contributed by atoms with E-state index in [0.717, 1.165) is 6.20 Å². The van der Waals surface area contributed by atoms with Gasteiger partial charge in [0, 0.05) is 0 Å². The first-order valence-electron chi connectivity index (χ1n) is 3.08. The van der Waals surface area contributed by atoms with Gasteiger partial charge < -0.3 is 9.94 Å². The minimum Gasteiger partial charge on any atom is -0.711 e. The predicted octanol–water partition coefficient (Wildman–Crippen LogP) is -0.916. The van der Waals surface area contributed by atoms with Crippen LogP contribution in [0.2, 0.25) is 0 Å². The zero-order valence-corrected chi connectivity index (χ0v) is 6.35. The van der Waals surface area contributed by atoms with Crippen molar-refractivity contribution in [2.75, 3.05) is 12.8 Å². The van der Waals surface area contributed by atoms with Gasteiger partial charge in [-0.1, -0.05) is 0 Å². The lowest BCUT2D eigenvalue weighted by molar-refractivity contribution is -0.590. The first-order valence-corrected chi connectivity index (χ1v) is 3.08. The summed E-state index contributed by atoms with van der Waals surface area (Å²) in [7, 11) is 1.19. The molecular formula is C6H7N3O3. The van der Waals surface area contributed by atoms with Gasteiger partial charge in [0.2, 0.25) is 5.69 Å². The highest BCUT2D eigenvalue weighted by molar-refractivity contribution is 5.90. The molecule has 6 heteroatoms. The minimum atomic E-state index is -0.724. The molecule has 12 heavy (non-hydrogen) atoms. The van der Waals surface area contributed by atoms with Crippen molar-refractivity contribution in [1.82, 2.24) is 4.98 Å². The number of hydrogen-bond donors (Lipinski definition) is 1. The number of carbonyl (C=O) groups excluding carboxylic acids is 1. The number of hydrogen-bond acceptors (Lipinski definition) is 5. The second-order valence-corrected chi connectivity index (χ2v) is 1.98. The molecule has 1 aromatic rings. The second-order valence-electron chi connectivity index (χ2n) is 1.98. The number of esters is 1. The van der Waals surface area contributed by atoms with E-state index in [1.165, 1.54) is 13.3 Å². The van der Waals surface area contributed by atoms with Gasteiger partial charge in [0.15, 0.2) is 0 Å². The fourth-order valence-corrected chi connectivity index (χ4v) is 0.673. The van der Waals surface area contributed by atoms with Crippen molar-refractivity contribution < 1.29 is 14.3 Å². The topological polar surface area (TPSA) is 92.1 Å². The van der Waals surface area contributed by atoms with E-state index in [1.54, 1.807) is 0 Å². The molecule has 1 heterocycles. The van der Waals surface area contributed by atoms with Crippen LogP contribution in [0.15, 0.2) is 12.4 Å². The van der Waals surface area contributed by atoms with E-state index in [2.05, 4.69) is 9.72 Å². The number of ether oxygens (including phenoxy) is 1. The van der Waals surface area contributed by atoms with E-state index in [4.69, 9.17) is 5.73 Å². The van der Waals surface area contributed by atoms with E-state index >= 15 is 0 Å². The molecule has 64 valence electrons. The SMILES string of the molecule is COC(=O)c1ncc[n+]([O-])c1N. The first kappa shape index (κ1) is 8.25. The third kappa shape index (κ3) is 1.26. The number of aromatic nitrogens is 2. The summed E-state index contributed by atoms with van der Waals surface area (Å²) in [5, 5.41) is 10.8. The van der Waals surface area contributed by atoms with E-state index < -0.39 is 5.97 Å². The van der Waals surface area contributed by atoms with Crippen molar-refractivity contribution in [1.29, 1.82) is 0 Å². The maximum atomic E-state index is 10.9. The maximum Gasteiger partial charge on any atom is 0.365 e. The summed E-state index contributed by atoms with van der Waals surface area (Å²) in [6.07, 6.45) is 2.28. The molecule has 0 radical (unpaired) electrons. The first-order chi connectivity index (χ1) is 5.66. The lowest BCUT2D eigenvalue weighted by atomic mass is 10.4. The smallest absolute Gasteiger partial charge is 0.365 e. The standard InChI is InChI=1S/C6H7N3O3/c1-12-6(10)4-5(7)9(11)3-2-8-4/h2-3H,7H2,1H3. The Morgan fingerprint density at radius 3 is 3.08 bits per heavy atom. The van der Waals surface area contributed by atoms with Gasteiger partial charge in [-0.2, -0.15) is 0 Å². The van der Waals surface area contributed by atoms with Gasteiger partial charge >= 0.3 is 11.8 Å².